The van der Waals surface area contributed by atoms with Crippen LogP contribution in [0.4, 0.5) is 0 Å². The number of rotatable bonds is 4. The molecule has 2 unspecified atom stereocenters. The van der Waals surface area contributed by atoms with Crippen molar-refractivity contribution in [2.75, 3.05) is 6.54 Å². The van der Waals surface area contributed by atoms with Crippen LogP contribution in [-0.4, -0.2) is 39.7 Å². The number of carbonyl (C=O) groups excluding carboxylic acids is 1. The molecule has 1 aliphatic rings. The zero-order valence-electron chi connectivity index (χ0n) is 12.0. The van der Waals surface area contributed by atoms with Crippen molar-refractivity contribution < 1.29 is 19.8 Å². The number of pyridine rings is 1. The molecule has 21 heavy (non-hydrogen) atoms. The minimum absolute atomic E-state index is 0.0853. The van der Waals surface area contributed by atoms with Gasteiger partial charge in [-0.1, -0.05) is 12.8 Å². The summed E-state index contributed by atoms with van der Waals surface area (Å²) < 4.78 is 0. The summed E-state index contributed by atoms with van der Waals surface area (Å²) in [7, 11) is 0. The van der Waals surface area contributed by atoms with Crippen LogP contribution in [0.5, 0.6) is 0 Å². The van der Waals surface area contributed by atoms with E-state index in [4.69, 9.17) is 5.11 Å². The van der Waals surface area contributed by atoms with Crippen LogP contribution in [0.25, 0.3) is 0 Å². The molecule has 0 bridgehead atoms. The molecule has 0 aliphatic heterocycles. The van der Waals surface area contributed by atoms with Gasteiger partial charge in [0.2, 0.25) is 0 Å². The Hall–Kier alpha value is -1.95. The fourth-order valence-electron chi connectivity index (χ4n) is 2.65. The first kappa shape index (κ1) is 15.4. The van der Waals surface area contributed by atoms with E-state index in [-0.39, 0.29) is 29.2 Å². The lowest BCUT2D eigenvalue weighted by molar-refractivity contribution is 0.0658. The maximum Gasteiger partial charge on any atom is 0.337 e. The average Bonchev–Trinajstić information content (AvgIpc) is 2.45. The zero-order chi connectivity index (χ0) is 15.4. The summed E-state index contributed by atoms with van der Waals surface area (Å²) >= 11 is 0. The number of carbonyl (C=O) groups is 2. The second-order valence-corrected chi connectivity index (χ2v) is 5.46. The number of aryl methyl sites for hydroxylation is 1. The highest BCUT2D eigenvalue weighted by atomic mass is 16.4. The standard InChI is InChI=1S/C15H20N2O4/c1-9-11(15(20)21)6-7-12(17-9)14(19)16-8-10-4-2-3-5-13(10)18/h6-7,10,13,18H,2-5,8H2,1H3,(H,16,19)(H,20,21). The van der Waals surface area contributed by atoms with Crippen molar-refractivity contribution in [3.8, 4) is 0 Å². The van der Waals surface area contributed by atoms with Crippen LogP contribution in [0.15, 0.2) is 12.1 Å². The molecule has 2 rings (SSSR count). The molecule has 3 N–H and O–H groups in total. The summed E-state index contributed by atoms with van der Waals surface area (Å²) in [5.41, 5.74) is 0.602. The molecular weight excluding hydrogens is 272 g/mol. The van der Waals surface area contributed by atoms with E-state index in [1.807, 2.05) is 0 Å². The van der Waals surface area contributed by atoms with E-state index in [9.17, 15) is 14.7 Å². The molecule has 2 atom stereocenters. The average molecular weight is 292 g/mol. The second kappa shape index (κ2) is 6.67. The van der Waals surface area contributed by atoms with E-state index in [1.165, 1.54) is 12.1 Å². The van der Waals surface area contributed by atoms with E-state index < -0.39 is 5.97 Å². The molecule has 114 valence electrons. The Labute approximate surface area is 123 Å². The number of amides is 1. The van der Waals surface area contributed by atoms with Crippen molar-refractivity contribution in [3.63, 3.8) is 0 Å². The van der Waals surface area contributed by atoms with Crippen LogP contribution in [0.1, 0.15) is 52.2 Å². The minimum Gasteiger partial charge on any atom is -0.478 e. The van der Waals surface area contributed by atoms with Crippen LogP contribution in [0.2, 0.25) is 0 Å². The quantitative estimate of drug-likeness (QED) is 0.778. The molecule has 1 amide bonds. The van der Waals surface area contributed by atoms with Gasteiger partial charge in [-0.05, 0) is 31.9 Å². The Morgan fingerprint density at radius 2 is 2.05 bits per heavy atom. The lowest BCUT2D eigenvalue weighted by Crippen LogP contribution is -2.37. The van der Waals surface area contributed by atoms with Gasteiger partial charge in [0.15, 0.2) is 0 Å². The maximum absolute atomic E-state index is 12.0. The van der Waals surface area contributed by atoms with E-state index >= 15 is 0 Å². The lowest BCUT2D eigenvalue weighted by Gasteiger charge is -2.27. The number of aliphatic hydroxyl groups excluding tert-OH is 1. The third kappa shape index (κ3) is 3.78. The number of nitrogens with one attached hydrogen (secondary N) is 1. The van der Waals surface area contributed by atoms with Crippen LogP contribution in [0, 0.1) is 12.8 Å². The second-order valence-electron chi connectivity index (χ2n) is 5.46. The normalized spacial score (nSPS) is 21.8. The minimum atomic E-state index is -1.06. The molecule has 1 fully saturated rings. The van der Waals surface area contributed by atoms with Gasteiger partial charge in [-0.15, -0.1) is 0 Å². The molecular formula is C15H20N2O4. The maximum atomic E-state index is 12.0. The van der Waals surface area contributed by atoms with Crippen molar-refractivity contribution in [1.82, 2.24) is 10.3 Å². The van der Waals surface area contributed by atoms with Crippen LogP contribution < -0.4 is 5.32 Å². The number of nitrogens with zero attached hydrogens (tertiary/aromatic N) is 1. The Morgan fingerprint density at radius 3 is 2.67 bits per heavy atom. The van der Waals surface area contributed by atoms with Crippen LogP contribution in [0.3, 0.4) is 0 Å². The number of carboxylic acids is 1. The molecule has 0 spiro atoms. The third-order valence-corrected chi connectivity index (χ3v) is 3.94. The van der Waals surface area contributed by atoms with Gasteiger partial charge in [0.1, 0.15) is 5.69 Å². The lowest BCUT2D eigenvalue weighted by atomic mass is 9.86. The van der Waals surface area contributed by atoms with Gasteiger partial charge < -0.3 is 15.5 Å². The van der Waals surface area contributed by atoms with Gasteiger partial charge in [-0.25, -0.2) is 9.78 Å². The summed E-state index contributed by atoms with van der Waals surface area (Å²) in [5, 5.41) is 21.6. The first-order chi connectivity index (χ1) is 9.99. The number of carboxylic acid groups (broad SMARTS) is 1. The number of aromatic carboxylic acids is 1. The van der Waals surface area contributed by atoms with Gasteiger partial charge in [-0.2, -0.15) is 0 Å². The van der Waals surface area contributed by atoms with E-state index in [0.717, 1.165) is 25.7 Å². The highest BCUT2D eigenvalue weighted by Crippen LogP contribution is 2.23. The fraction of sp³-hybridized carbons (Fsp3) is 0.533. The number of aliphatic hydroxyl groups is 1. The van der Waals surface area contributed by atoms with E-state index in [2.05, 4.69) is 10.3 Å². The van der Waals surface area contributed by atoms with Gasteiger partial charge in [0.25, 0.3) is 5.91 Å². The Balaban J connectivity index is 1.97. The molecule has 6 nitrogen and oxygen atoms in total. The van der Waals surface area contributed by atoms with Crippen molar-refractivity contribution in [2.45, 2.75) is 38.7 Å². The smallest absolute Gasteiger partial charge is 0.337 e. The number of hydrogen-bond acceptors (Lipinski definition) is 4. The molecule has 1 heterocycles. The Bertz CT molecular complexity index is 544. The van der Waals surface area contributed by atoms with Crippen LogP contribution >= 0.6 is 0 Å². The van der Waals surface area contributed by atoms with Gasteiger partial charge in [0, 0.05) is 12.5 Å². The van der Waals surface area contributed by atoms with E-state index in [0.29, 0.717) is 12.2 Å². The molecule has 1 aliphatic carbocycles. The summed E-state index contributed by atoms with van der Waals surface area (Å²) in [6, 6.07) is 2.79. The summed E-state index contributed by atoms with van der Waals surface area (Å²) in [6.07, 6.45) is 3.44. The molecule has 1 saturated carbocycles. The fourth-order valence-corrected chi connectivity index (χ4v) is 2.65. The van der Waals surface area contributed by atoms with Gasteiger partial charge in [0.05, 0.1) is 17.4 Å². The molecule has 0 radical (unpaired) electrons. The highest BCUT2D eigenvalue weighted by Gasteiger charge is 2.23. The SMILES string of the molecule is Cc1nc(C(=O)NCC2CCCCC2O)ccc1C(=O)O. The number of aromatic nitrogens is 1. The molecule has 1 aromatic heterocycles. The topological polar surface area (TPSA) is 99.5 Å². The van der Waals surface area contributed by atoms with Gasteiger partial charge in [-0.3, -0.25) is 4.79 Å². The van der Waals surface area contributed by atoms with Gasteiger partial charge >= 0.3 is 5.97 Å². The summed E-state index contributed by atoms with van der Waals surface area (Å²) in [6.45, 7) is 1.98. The number of hydrogen-bond donors (Lipinski definition) is 3. The molecule has 6 heteroatoms. The summed E-state index contributed by atoms with van der Waals surface area (Å²) in [4.78, 5) is 26.9. The zero-order valence-corrected chi connectivity index (χ0v) is 12.0. The predicted molar refractivity (Wildman–Crippen MR) is 76.2 cm³/mol. The van der Waals surface area contributed by atoms with Crippen LogP contribution in [-0.2, 0) is 0 Å². The molecule has 1 aromatic rings. The monoisotopic (exact) mass is 292 g/mol. The Morgan fingerprint density at radius 1 is 1.33 bits per heavy atom. The third-order valence-electron chi connectivity index (χ3n) is 3.94. The summed E-state index contributed by atoms with van der Waals surface area (Å²) in [5.74, 6) is -1.31. The first-order valence-corrected chi connectivity index (χ1v) is 7.16. The molecule has 0 saturated heterocycles. The first-order valence-electron chi connectivity index (χ1n) is 7.16. The van der Waals surface area contributed by atoms with Crippen molar-refractivity contribution in [3.05, 3.63) is 29.1 Å². The highest BCUT2D eigenvalue weighted by molar-refractivity contribution is 5.94. The molecule has 0 aromatic carbocycles. The largest absolute Gasteiger partial charge is 0.478 e. The van der Waals surface area contributed by atoms with E-state index in [1.54, 1.807) is 6.92 Å². The Kier molecular flexibility index (Phi) is 4.90. The van der Waals surface area contributed by atoms with Crippen molar-refractivity contribution in [2.24, 2.45) is 5.92 Å². The predicted octanol–water partition coefficient (Wildman–Crippen LogP) is 1.37. The van der Waals surface area contributed by atoms with Crippen molar-refractivity contribution >= 4 is 11.9 Å². The van der Waals surface area contributed by atoms with Crippen molar-refractivity contribution in [1.29, 1.82) is 0 Å².